The summed E-state index contributed by atoms with van der Waals surface area (Å²) in [6.45, 7) is 4.82. The van der Waals surface area contributed by atoms with Gasteiger partial charge in [0.1, 0.15) is 17.8 Å². The number of anilines is 3. The largest absolute Gasteiger partial charge is 0.326 e. The quantitative estimate of drug-likeness (QED) is 0.779. The van der Waals surface area contributed by atoms with Crippen LogP contribution in [-0.4, -0.2) is 22.4 Å². The van der Waals surface area contributed by atoms with Crippen LogP contribution in [0.15, 0.2) is 54.9 Å². The van der Waals surface area contributed by atoms with Crippen molar-refractivity contribution in [3.63, 3.8) is 0 Å². The summed E-state index contributed by atoms with van der Waals surface area (Å²) in [6.07, 6.45) is 2.43. The molecule has 1 amide bonds. The van der Waals surface area contributed by atoms with Crippen molar-refractivity contribution >= 4 is 23.1 Å². The number of aryl methyl sites for hydroxylation is 2. The minimum atomic E-state index is -0.224. The van der Waals surface area contributed by atoms with E-state index in [1.54, 1.807) is 6.07 Å². The molecule has 0 bridgehead atoms. The maximum atomic E-state index is 12.7. The third kappa shape index (κ3) is 2.92. The van der Waals surface area contributed by atoms with Gasteiger partial charge in [-0.15, -0.1) is 0 Å². The second-order valence-corrected chi connectivity index (χ2v) is 6.51. The minimum absolute atomic E-state index is 0.224. The van der Waals surface area contributed by atoms with Crippen LogP contribution in [0.5, 0.6) is 0 Å². The molecule has 1 aromatic heterocycles. The first kappa shape index (κ1) is 16.3. The van der Waals surface area contributed by atoms with Crippen molar-refractivity contribution in [2.75, 3.05) is 16.8 Å². The lowest BCUT2D eigenvalue weighted by atomic mass is 10.1. The van der Waals surface area contributed by atoms with Crippen molar-refractivity contribution in [1.82, 2.24) is 9.97 Å². The average molecular weight is 344 g/mol. The molecule has 1 aliphatic rings. The highest BCUT2D eigenvalue weighted by Gasteiger charge is 2.22. The summed E-state index contributed by atoms with van der Waals surface area (Å²) in [6, 6.07) is 16.0. The number of hydrogen-bond donors (Lipinski definition) is 1. The first-order chi connectivity index (χ1) is 12.6. The molecule has 130 valence electrons. The summed E-state index contributed by atoms with van der Waals surface area (Å²) in [4.78, 5) is 23.4. The number of rotatable bonds is 3. The summed E-state index contributed by atoms with van der Waals surface area (Å²) in [5.41, 5.74) is 5.70. The van der Waals surface area contributed by atoms with E-state index in [4.69, 9.17) is 0 Å². The minimum Gasteiger partial charge on any atom is -0.326 e. The second kappa shape index (κ2) is 6.59. The van der Waals surface area contributed by atoms with E-state index in [1.165, 1.54) is 11.9 Å². The number of carbonyl (C=O) groups is 1. The van der Waals surface area contributed by atoms with Crippen LogP contribution in [0.25, 0.3) is 0 Å². The van der Waals surface area contributed by atoms with E-state index in [0.29, 0.717) is 5.69 Å². The SMILES string of the molecule is Cc1cccc(C)c1NC(=O)c1cc(N2CCc3ccccc32)ncn1. The molecule has 1 N–H and O–H groups in total. The number of para-hydroxylation sites is 2. The summed E-state index contributed by atoms with van der Waals surface area (Å²) < 4.78 is 0. The van der Waals surface area contributed by atoms with Gasteiger partial charge in [0.25, 0.3) is 5.91 Å². The molecule has 5 nitrogen and oxygen atoms in total. The highest BCUT2D eigenvalue weighted by molar-refractivity contribution is 6.04. The smallest absolute Gasteiger partial charge is 0.274 e. The summed E-state index contributed by atoms with van der Waals surface area (Å²) in [5, 5.41) is 2.98. The third-order valence-corrected chi connectivity index (χ3v) is 4.77. The third-order valence-electron chi connectivity index (χ3n) is 4.77. The number of nitrogens with one attached hydrogen (secondary N) is 1. The maximum Gasteiger partial charge on any atom is 0.274 e. The van der Waals surface area contributed by atoms with Crippen LogP contribution < -0.4 is 10.2 Å². The van der Waals surface area contributed by atoms with Gasteiger partial charge in [0.15, 0.2) is 0 Å². The lowest BCUT2D eigenvalue weighted by molar-refractivity contribution is 0.102. The van der Waals surface area contributed by atoms with E-state index in [2.05, 4.69) is 32.3 Å². The van der Waals surface area contributed by atoms with Crippen LogP contribution in [0.3, 0.4) is 0 Å². The molecule has 0 saturated heterocycles. The molecule has 5 heteroatoms. The Morgan fingerprint density at radius 1 is 1.04 bits per heavy atom. The standard InChI is InChI=1S/C21H20N4O/c1-14-6-5-7-15(2)20(14)24-21(26)17-12-19(23-13-22-17)25-11-10-16-8-3-4-9-18(16)25/h3-9,12-13H,10-11H2,1-2H3,(H,24,26). The van der Waals surface area contributed by atoms with E-state index < -0.39 is 0 Å². The van der Waals surface area contributed by atoms with Gasteiger partial charge in [0.2, 0.25) is 0 Å². The number of fused-ring (bicyclic) bond motifs is 1. The van der Waals surface area contributed by atoms with Crippen molar-refractivity contribution in [2.45, 2.75) is 20.3 Å². The Labute approximate surface area is 152 Å². The molecule has 0 spiro atoms. The van der Waals surface area contributed by atoms with Crippen LogP contribution >= 0.6 is 0 Å². The predicted molar refractivity (Wildman–Crippen MR) is 103 cm³/mol. The second-order valence-electron chi connectivity index (χ2n) is 6.51. The van der Waals surface area contributed by atoms with Crippen LogP contribution in [-0.2, 0) is 6.42 Å². The number of nitrogens with zero attached hydrogens (tertiary/aromatic N) is 3. The van der Waals surface area contributed by atoms with E-state index in [1.807, 2.05) is 44.2 Å². The van der Waals surface area contributed by atoms with Gasteiger partial charge >= 0.3 is 0 Å². The Morgan fingerprint density at radius 3 is 2.62 bits per heavy atom. The molecule has 0 radical (unpaired) electrons. The van der Waals surface area contributed by atoms with Crippen LogP contribution in [0.2, 0.25) is 0 Å². The fourth-order valence-corrected chi connectivity index (χ4v) is 3.38. The molecule has 2 aromatic carbocycles. The molecule has 0 aliphatic carbocycles. The van der Waals surface area contributed by atoms with Crippen molar-refractivity contribution < 1.29 is 4.79 Å². The van der Waals surface area contributed by atoms with Crippen molar-refractivity contribution in [3.05, 3.63) is 77.2 Å². The molecule has 0 fully saturated rings. The molecule has 0 atom stereocenters. The predicted octanol–water partition coefficient (Wildman–Crippen LogP) is 4.04. The first-order valence-corrected chi connectivity index (χ1v) is 8.68. The molecule has 4 rings (SSSR count). The van der Waals surface area contributed by atoms with Gasteiger partial charge in [0, 0.05) is 24.0 Å². The Morgan fingerprint density at radius 2 is 1.81 bits per heavy atom. The first-order valence-electron chi connectivity index (χ1n) is 8.68. The zero-order valence-electron chi connectivity index (χ0n) is 14.9. The lowest BCUT2D eigenvalue weighted by Crippen LogP contribution is -2.19. The fraction of sp³-hybridized carbons (Fsp3) is 0.190. The Hall–Kier alpha value is -3.21. The van der Waals surface area contributed by atoms with Gasteiger partial charge in [-0.3, -0.25) is 4.79 Å². The monoisotopic (exact) mass is 344 g/mol. The van der Waals surface area contributed by atoms with Crippen LogP contribution in [0.1, 0.15) is 27.2 Å². The fourth-order valence-electron chi connectivity index (χ4n) is 3.38. The van der Waals surface area contributed by atoms with Crippen LogP contribution in [0, 0.1) is 13.8 Å². The van der Waals surface area contributed by atoms with Gasteiger partial charge in [-0.1, -0.05) is 36.4 Å². The molecular weight excluding hydrogens is 324 g/mol. The van der Waals surface area contributed by atoms with E-state index in [9.17, 15) is 4.79 Å². The molecule has 1 aliphatic heterocycles. The maximum absolute atomic E-state index is 12.7. The van der Waals surface area contributed by atoms with Gasteiger partial charge < -0.3 is 10.2 Å². The zero-order valence-corrected chi connectivity index (χ0v) is 14.9. The number of hydrogen-bond acceptors (Lipinski definition) is 4. The van der Waals surface area contributed by atoms with Crippen molar-refractivity contribution in [1.29, 1.82) is 0 Å². The van der Waals surface area contributed by atoms with Gasteiger partial charge in [0.05, 0.1) is 0 Å². The van der Waals surface area contributed by atoms with Crippen molar-refractivity contribution in [3.8, 4) is 0 Å². The lowest BCUT2D eigenvalue weighted by Gasteiger charge is -2.18. The molecule has 0 saturated carbocycles. The number of carbonyl (C=O) groups excluding carboxylic acids is 1. The Balaban J connectivity index is 1.61. The molecular formula is C21H20N4O. The number of amides is 1. The molecule has 0 unspecified atom stereocenters. The van der Waals surface area contributed by atoms with E-state index in [-0.39, 0.29) is 5.91 Å². The summed E-state index contributed by atoms with van der Waals surface area (Å²) in [7, 11) is 0. The zero-order chi connectivity index (χ0) is 18.1. The topological polar surface area (TPSA) is 58.1 Å². The van der Waals surface area contributed by atoms with Gasteiger partial charge in [-0.05, 0) is 43.0 Å². The van der Waals surface area contributed by atoms with E-state index in [0.717, 1.165) is 41.3 Å². The highest BCUT2D eigenvalue weighted by atomic mass is 16.1. The van der Waals surface area contributed by atoms with Gasteiger partial charge in [-0.25, -0.2) is 9.97 Å². The van der Waals surface area contributed by atoms with Gasteiger partial charge in [-0.2, -0.15) is 0 Å². The van der Waals surface area contributed by atoms with Crippen LogP contribution in [0.4, 0.5) is 17.2 Å². The van der Waals surface area contributed by atoms with E-state index >= 15 is 0 Å². The molecule has 2 heterocycles. The molecule has 26 heavy (non-hydrogen) atoms. The average Bonchev–Trinajstić information content (AvgIpc) is 3.09. The normalized spacial score (nSPS) is 12.8. The summed E-state index contributed by atoms with van der Waals surface area (Å²) >= 11 is 0. The highest BCUT2D eigenvalue weighted by Crippen LogP contribution is 2.33. The Bertz CT molecular complexity index is 963. The number of benzene rings is 2. The Kier molecular flexibility index (Phi) is 4.13. The van der Waals surface area contributed by atoms with Crippen molar-refractivity contribution in [2.24, 2.45) is 0 Å². The number of aromatic nitrogens is 2. The molecule has 3 aromatic rings. The summed E-state index contributed by atoms with van der Waals surface area (Å²) in [5.74, 6) is 0.523.